The van der Waals surface area contributed by atoms with Crippen LogP contribution in [0.3, 0.4) is 0 Å². The number of ether oxygens (including phenoxy) is 1. The monoisotopic (exact) mass is 445 g/mol. The molecule has 6 heteroatoms. The molecule has 1 amide bonds. The number of amides is 1. The molecule has 0 spiro atoms. The molecule has 2 N–H and O–H groups in total. The topological polar surface area (TPSA) is 67.9 Å². The van der Waals surface area contributed by atoms with Gasteiger partial charge in [-0.25, -0.2) is 4.99 Å². The summed E-state index contributed by atoms with van der Waals surface area (Å²) in [7, 11) is 1.65. The van der Waals surface area contributed by atoms with E-state index < -0.39 is 5.54 Å². The van der Waals surface area contributed by atoms with Gasteiger partial charge in [-0.2, -0.15) is 0 Å². The predicted octanol–water partition coefficient (Wildman–Crippen LogP) is 4.43. The number of halogens is 1. The van der Waals surface area contributed by atoms with Gasteiger partial charge in [0.1, 0.15) is 5.75 Å². The van der Waals surface area contributed by atoms with Gasteiger partial charge in [0.15, 0.2) is 11.5 Å². The van der Waals surface area contributed by atoms with E-state index in [1.165, 1.54) is 4.90 Å². The van der Waals surface area contributed by atoms with Crippen LogP contribution in [0.15, 0.2) is 58.1 Å². The summed E-state index contributed by atoms with van der Waals surface area (Å²) in [6.07, 6.45) is 6.84. The van der Waals surface area contributed by atoms with Crippen molar-refractivity contribution in [3.05, 3.63) is 64.2 Å². The Labute approximate surface area is 175 Å². The van der Waals surface area contributed by atoms with Gasteiger partial charge in [-0.15, -0.1) is 0 Å². The second-order valence-electron chi connectivity index (χ2n) is 6.39. The lowest BCUT2D eigenvalue weighted by Crippen LogP contribution is -2.40. The summed E-state index contributed by atoms with van der Waals surface area (Å²) in [6.45, 7) is 10.5. The minimum atomic E-state index is -1.09. The summed E-state index contributed by atoms with van der Waals surface area (Å²) in [5.41, 5.74) is 7.73. The van der Waals surface area contributed by atoms with Gasteiger partial charge >= 0.3 is 0 Å². The molecule has 0 bridgehead atoms. The maximum Gasteiger partial charge on any atom is 0.262 e. The van der Waals surface area contributed by atoms with E-state index in [4.69, 9.17) is 10.5 Å². The standard InChI is InChI=1S/C20H22BrN3O2.C2H6/c1-4-13(10-16(21)5-2)12-20(18(25)24(3)19(22)23-20)15-6-7-17-14(11-15)8-9-26-17;1-2/h4-7,10-11H,1,8-9,12H2,2-3H3,(H2,22,23);1-2H3/b13-10+,16-5+;. The Hall–Kier alpha value is -2.34. The average Bonchev–Trinajstić information content (AvgIpc) is 3.27. The van der Waals surface area contributed by atoms with Crippen molar-refractivity contribution in [3.63, 3.8) is 0 Å². The third kappa shape index (κ3) is 4.07. The fourth-order valence-corrected chi connectivity index (χ4v) is 3.58. The zero-order valence-electron chi connectivity index (χ0n) is 17.0. The smallest absolute Gasteiger partial charge is 0.262 e. The molecule has 0 saturated heterocycles. The normalized spacial score (nSPS) is 21.5. The van der Waals surface area contributed by atoms with E-state index in [9.17, 15) is 4.79 Å². The second kappa shape index (κ2) is 9.24. The number of allylic oxidation sites excluding steroid dienone is 4. The SMILES string of the molecule is C=C/C(=C\C(Br)=C/C)CC1(c2ccc3c(c2)CCO3)N=C(N)N(C)C1=O.CC. The van der Waals surface area contributed by atoms with Crippen molar-refractivity contribution in [1.82, 2.24) is 4.90 Å². The van der Waals surface area contributed by atoms with E-state index in [0.717, 1.165) is 33.4 Å². The summed E-state index contributed by atoms with van der Waals surface area (Å²) in [6, 6.07) is 5.83. The molecule has 0 aliphatic carbocycles. The number of nitrogens with two attached hydrogens (primary N) is 1. The summed E-state index contributed by atoms with van der Waals surface area (Å²) in [5.74, 6) is 0.953. The van der Waals surface area contributed by atoms with Crippen molar-refractivity contribution in [2.24, 2.45) is 10.7 Å². The Bertz CT molecular complexity index is 857. The van der Waals surface area contributed by atoms with Crippen LogP contribution >= 0.6 is 15.9 Å². The van der Waals surface area contributed by atoms with Gasteiger partial charge in [-0.05, 0) is 41.8 Å². The zero-order chi connectivity index (χ0) is 20.9. The summed E-state index contributed by atoms with van der Waals surface area (Å²) in [4.78, 5) is 19.2. The minimum absolute atomic E-state index is 0.141. The number of carbonyl (C=O) groups excluding carboxylic acids is 1. The molecule has 0 aromatic heterocycles. The Morgan fingerprint density at radius 1 is 1.46 bits per heavy atom. The second-order valence-corrected chi connectivity index (χ2v) is 7.30. The zero-order valence-corrected chi connectivity index (χ0v) is 18.5. The molecule has 0 radical (unpaired) electrons. The van der Waals surface area contributed by atoms with Gasteiger partial charge in [0.25, 0.3) is 5.91 Å². The fourth-order valence-electron chi connectivity index (χ4n) is 3.29. The van der Waals surface area contributed by atoms with Crippen LogP contribution in [0.25, 0.3) is 0 Å². The van der Waals surface area contributed by atoms with Gasteiger partial charge in [-0.3, -0.25) is 9.69 Å². The number of carbonyl (C=O) groups is 1. The lowest BCUT2D eigenvalue weighted by atomic mass is 9.82. The van der Waals surface area contributed by atoms with Crippen molar-refractivity contribution in [2.75, 3.05) is 13.7 Å². The number of fused-ring (bicyclic) bond motifs is 1. The molecule has 1 aromatic rings. The highest BCUT2D eigenvalue weighted by Crippen LogP contribution is 2.41. The molecule has 1 unspecified atom stereocenters. The quantitative estimate of drug-likeness (QED) is 0.681. The van der Waals surface area contributed by atoms with Gasteiger partial charge in [0, 0.05) is 24.4 Å². The Kier molecular flexibility index (Phi) is 7.24. The lowest BCUT2D eigenvalue weighted by molar-refractivity contribution is -0.130. The largest absolute Gasteiger partial charge is 0.493 e. The van der Waals surface area contributed by atoms with E-state index in [1.807, 2.05) is 51.1 Å². The first kappa shape index (κ1) is 22.0. The maximum atomic E-state index is 13.2. The number of nitrogens with zero attached hydrogens (tertiary/aromatic N) is 2. The Morgan fingerprint density at radius 2 is 2.18 bits per heavy atom. The van der Waals surface area contributed by atoms with E-state index in [0.29, 0.717) is 13.0 Å². The van der Waals surface area contributed by atoms with Gasteiger partial charge in [0.05, 0.1) is 6.61 Å². The molecule has 0 saturated carbocycles. The number of hydrogen-bond acceptors (Lipinski definition) is 4. The Morgan fingerprint density at radius 3 is 2.75 bits per heavy atom. The van der Waals surface area contributed by atoms with Crippen molar-refractivity contribution in [1.29, 1.82) is 0 Å². The lowest BCUT2D eigenvalue weighted by Gasteiger charge is -2.26. The van der Waals surface area contributed by atoms with E-state index in [2.05, 4.69) is 27.5 Å². The third-order valence-corrected chi connectivity index (χ3v) is 5.48. The predicted molar refractivity (Wildman–Crippen MR) is 119 cm³/mol. The summed E-state index contributed by atoms with van der Waals surface area (Å²) in [5, 5.41) is 0. The van der Waals surface area contributed by atoms with Crippen LogP contribution in [0.4, 0.5) is 0 Å². The van der Waals surface area contributed by atoms with Crippen LogP contribution in [0.2, 0.25) is 0 Å². The molecule has 0 fully saturated rings. The van der Waals surface area contributed by atoms with Crippen LogP contribution in [0, 0.1) is 0 Å². The average molecular weight is 446 g/mol. The van der Waals surface area contributed by atoms with Crippen LogP contribution in [0.1, 0.15) is 38.3 Å². The first-order valence-electron chi connectivity index (χ1n) is 9.46. The molecule has 5 nitrogen and oxygen atoms in total. The summed E-state index contributed by atoms with van der Waals surface area (Å²) < 4.78 is 6.51. The molecular formula is C22H28BrN3O2. The maximum absolute atomic E-state index is 13.2. The molecule has 1 aromatic carbocycles. The van der Waals surface area contributed by atoms with Crippen molar-refractivity contribution < 1.29 is 9.53 Å². The number of aliphatic imine (C=N–C) groups is 1. The highest BCUT2D eigenvalue weighted by molar-refractivity contribution is 9.11. The van der Waals surface area contributed by atoms with Crippen LogP contribution in [0.5, 0.6) is 5.75 Å². The van der Waals surface area contributed by atoms with Crippen molar-refractivity contribution in [2.45, 2.75) is 39.2 Å². The minimum Gasteiger partial charge on any atom is -0.493 e. The molecule has 2 aliphatic heterocycles. The highest BCUT2D eigenvalue weighted by Gasteiger charge is 2.48. The first-order chi connectivity index (χ1) is 13.4. The van der Waals surface area contributed by atoms with Gasteiger partial charge < -0.3 is 10.5 Å². The molecule has 2 aliphatic rings. The number of likely N-dealkylation sites (N-methyl/N-ethyl adjacent to an activating group) is 1. The first-order valence-corrected chi connectivity index (χ1v) is 10.2. The highest BCUT2D eigenvalue weighted by atomic mass is 79.9. The molecule has 1 atom stereocenters. The molecule has 3 rings (SSSR count). The van der Waals surface area contributed by atoms with Crippen LogP contribution in [-0.4, -0.2) is 30.4 Å². The fraction of sp³-hybridized carbons (Fsp3) is 0.364. The van der Waals surface area contributed by atoms with E-state index >= 15 is 0 Å². The van der Waals surface area contributed by atoms with Gasteiger partial charge in [-0.1, -0.05) is 54.6 Å². The summed E-state index contributed by atoms with van der Waals surface area (Å²) >= 11 is 3.49. The number of rotatable bonds is 5. The molecular weight excluding hydrogens is 418 g/mol. The van der Waals surface area contributed by atoms with E-state index in [1.54, 1.807) is 13.1 Å². The molecule has 150 valence electrons. The number of hydrogen-bond donors (Lipinski definition) is 1. The molecule has 28 heavy (non-hydrogen) atoms. The van der Waals surface area contributed by atoms with E-state index in [-0.39, 0.29) is 11.9 Å². The molecule has 2 heterocycles. The van der Waals surface area contributed by atoms with Crippen molar-refractivity contribution >= 4 is 27.8 Å². The number of guanidine groups is 1. The number of benzene rings is 1. The van der Waals surface area contributed by atoms with Crippen LogP contribution in [-0.2, 0) is 16.8 Å². The van der Waals surface area contributed by atoms with Crippen LogP contribution < -0.4 is 10.5 Å². The van der Waals surface area contributed by atoms with Crippen molar-refractivity contribution in [3.8, 4) is 5.75 Å². The Balaban J connectivity index is 0.00000136. The third-order valence-electron chi connectivity index (χ3n) is 4.80. The van der Waals surface area contributed by atoms with Gasteiger partial charge in [0.2, 0.25) is 0 Å².